The molecule has 0 saturated carbocycles. The molecule has 3 rings (SSSR count). The smallest absolute Gasteiger partial charge is 0.161 e. The first kappa shape index (κ1) is 17.6. The molecule has 4 heteroatoms. The van der Waals surface area contributed by atoms with Gasteiger partial charge in [-0.2, -0.15) is 0 Å². The Balaban J connectivity index is 1.74. The van der Waals surface area contributed by atoms with Crippen molar-refractivity contribution < 1.29 is 14.2 Å². The lowest BCUT2D eigenvalue weighted by Gasteiger charge is -2.25. The van der Waals surface area contributed by atoms with E-state index in [1.807, 2.05) is 25.1 Å². The summed E-state index contributed by atoms with van der Waals surface area (Å²) in [6.45, 7) is 4.66. The standard InChI is InChI=1S/C21H27NO3/c1-4-25-20-12-7-16(14-21(20)24-3)15-22-13-5-6-19(22)17-8-10-18(23-2)11-9-17/h7-12,14,19H,4-6,13,15H2,1-3H3/t19-/m0/s1. The average Bonchev–Trinajstić information content (AvgIpc) is 3.11. The highest BCUT2D eigenvalue weighted by Crippen LogP contribution is 2.35. The number of hydrogen-bond acceptors (Lipinski definition) is 4. The topological polar surface area (TPSA) is 30.9 Å². The molecule has 0 spiro atoms. The second-order valence-corrected chi connectivity index (χ2v) is 6.32. The van der Waals surface area contributed by atoms with Crippen molar-refractivity contribution in [2.75, 3.05) is 27.4 Å². The minimum atomic E-state index is 0.462. The van der Waals surface area contributed by atoms with Gasteiger partial charge in [-0.25, -0.2) is 0 Å². The Bertz CT molecular complexity index is 684. The van der Waals surface area contributed by atoms with Gasteiger partial charge in [0, 0.05) is 12.6 Å². The van der Waals surface area contributed by atoms with Gasteiger partial charge in [0.1, 0.15) is 5.75 Å². The minimum Gasteiger partial charge on any atom is -0.497 e. The highest BCUT2D eigenvalue weighted by Gasteiger charge is 2.26. The second kappa shape index (κ2) is 8.26. The van der Waals surface area contributed by atoms with Crippen molar-refractivity contribution in [1.29, 1.82) is 0 Å². The van der Waals surface area contributed by atoms with Crippen molar-refractivity contribution in [1.82, 2.24) is 4.90 Å². The SMILES string of the molecule is CCOc1ccc(CN2CCC[C@H]2c2ccc(OC)cc2)cc1OC. The summed E-state index contributed by atoms with van der Waals surface area (Å²) in [5.74, 6) is 2.52. The van der Waals surface area contributed by atoms with Crippen LogP contribution in [0.3, 0.4) is 0 Å². The van der Waals surface area contributed by atoms with Crippen LogP contribution in [0.5, 0.6) is 17.2 Å². The van der Waals surface area contributed by atoms with Crippen LogP contribution in [0.4, 0.5) is 0 Å². The fourth-order valence-electron chi connectivity index (χ4n) is 3.54. The Morgan fingerprint density at radius 2 is 1.80 bits per heavy atom. The van der Waals surface area contributed by atoms with Crippen molar-refractivity contribution in [2.24, 2.45) is 0 Å². The van der Waals surface area contributed by atoms with Crippen LogP contribution in [0.2, 0.25) is 0 Å². The van der Waals surface area contributed by atoms with Crippen LogP contribution < -0.4 is 14.2 Å². The summed E-state index contributed by atoms with van der Waals surface area (Å²) < 4.78 is 16.4. The van der Waals surface area contributed by atoms with Gasteiger partial charge in [0.25, 0.3) is 0 Å². The molecule has 0 amide bonds. The lowest BCUT2D eigenvalue weighted by atomic mass is 10.0. The molecular formula is C21H27NO3. The van der Waals surface area contributed by atoms with Crippen molar-refractivity contribution in [2.45, 2.75) is 32.4 Å². The van der Waals surface area contributed by atoms with Gasteiger partial charge in [-0.05, 0) is 61.7 Å². The molecule has 2 aromatic carbocycles. The average molecular weight is 341 g/mol. The number of benzene rings is 2. The van der Waals surface area contributed by atoms with Gasteiger partial charge in [0.05, 0.1) is 20.8 Å². The van der Waals surface area contributed by atoms with Gasteiger partial charge in [-0.15, -0.1) is 0 Å². The van der Waals surface area contributed by atoms with Crippen molar-refractivity contribution >= 4 is 0 Å². The molecule has 0 unspecified atom stereocenters. The van der Waals surface area contributed by atoms with E-state index in [4.69, 9.17) is 14.2 Å². The highest BCUT2D eigenvalue weighted by atomic mass is 16.5. The third-order valence-electron chi connectivity index (χ3n) is 4.78. The molecule has 134 valence electrons. The molecule has 0 aliphatic carbocycles. The first-order chi connectivity index (χ1) is 12.2. The molecule has 0 radical (unpaired) electrons. The molecule has 1 atom stereocenters. The van der Waals surface area contributed by atoms with E-state index in [9.17, 15) is 0 Å². The minimum absolute atomic E-state index is 0.462. The lowest BCUT2D eigenvalue weighted by molar-refractivity contribution is 0.247. The molecule has 1 heterocycles. The summed E-state index contributed by atoms with van der Waals surface area (Å²) >= 11 is 0. The molecule has 1 fully saturated rings. The van der Waals surface area contributed by atoms with E-state index in [1.54, 1.807) is 14.2 Å². The molecule has 0 N–H and O–H groups in total. The quantitative estimate of drug-likeness (QED) is 0.745. The van der Waals surface area contributed by atoms with Gasteiger partial charge in [-0.3, -0.25) is 4.90 Å². The highest BCUT2D eigenvalue weighted by molar-refractivity contribution is 5.43. The van der Waals surface area contributed by atoms with Crippen LogP contribution in [-0.2, 0) is 6.54 Å². The van der Waals surface area contributed by atoms with Crippen LogP contribution in [0.15, 0.2) is 42.5 Å². The van der Waals surface area contributed by atoms with E-state index in [1.165, 1.54) is 24.0 Å². The van der Waals surface area contributed by atoms with E-state index < -0.39 is 0 Å². The van der Waals surface area contributed by atoms with Crippen molar-refractivity contribution in [3.05, 3.63) is 53.6 Å². The molecule has 0 bridgehead atoms. The van der Waals surface area contributed by atoms with E-state index in [0.717, 1.165) is 30.3 Å². The van der Waals surface area contributed by atoms with Crippen molar-refractivity contribution in [3.8, 4) is 17.2 Å². The Labute approximate surface area is 150 Å². The van der Waals surface area contributed by atoms with Gasteiger partial charge < -0.3 is 14.2 Å². The zero-order valence-corrected chi connectivity index (χ0v) is 15.3. The normalized spacial score (nSPS) is 17.5. The van der Waals surface area contributed by atoms with E-state index in [0.29, 0.717) is 12.6 Å². The third kappa shape index (κ3) is 4.07. The summed E-state index contributed by atoms with van der Waals surface area (Å²) in [6.07, 6.45) is 2.42. The zero-order chi connectivity index (χ0) is 17.6. The second-order valence-electron chi connectivity index (χ2n) is 6.32. The van der Waals surface area contributed by atoms with Crippen LogP contribution in [0.1, 0.15) is 36.9 Å². The number of ether oxygens (including phenoxy) is 3. The molecule has 1 saturated heterocycles. The number of nitrogens with zero attached hydrogens (tertiary/aromatic N) is 1. The van der Waals surface area contributed by atoms with Crippen LogP contribution in [0.25, 0.3) is 0 Å². The summed E-state index contributed by atoms with van der Waals surface area (Å²) in [4.78, 5) is 2.54. The summed E-state index contributed by atoms with van der Waals surface area (Å²) in [6, 6.07) is 15.2. The Hall–Kier alpha value is -2.20. The summed E-state index contributed by atoms with van der Waals surface area (Å²) in [7, 11) is 3.40. The molecule has 1 aliphatic heterocycles. The summed E-state index contributed by atoms with van der Waals surface area (Å²) in [5, 5.41) is 0. The van der Waals surface area contributed by atoms with E-state index >= 15 is 0 Å². The maximum Gasteiger partial charge on any atom is 0.161 e. The molecule has 4 nitrogen and oxygen atoms in total. The number of likely N-dealkylation sites (tertiary alicyclic amines) is 1. The fourth-order valence-corrected chi connectivity index (χ4v) is 3.54. The third-order valence-corrected chi connectivity index (χ3v) is 4.78. The van der Waals surface area contributed by atoms with Crippen LogP contribution in [0, 0.1) is 0 Å². The predicted molar refractivity (Wildman–Crippen MR) is 99.5 cm³/mol. The number of methoxy groups -OCH3 is 2. The maximum atomic E-state index is 5.61. The Kier molecular flexibility index (Phi) is 5.82. The van der Waals surface area contributed by atoms with E-state index in [-0.39, 0.29) is 0 Å². The van der Waals surface area contributed by atoms with Gasteiger partial charge >= 0.3 is 0 Å². The first-order valence-electron chi connectivity index (χ1n) is 8.93. The van der Waals surface area contributed by atoms with Gasteiger partial charge in [-0.1, -0.05) is 18.2 Å². The molecular weight excluding hydrogens is 314 g/mol. The van der Waals surface area contributed by atoms with Crippen molar-refractivity contribution in [3.63, 3.8) is 0 Å². The number of hydrogen-bond donors (Lipinski definition) is 0. The predicted octanol–water partition coefficient (Wildman–Crippen LogP) is 4.44. The lowest BCUT2D eigenvalue weighted by Crippen LogP contribution is -2.22. The van der Waals surface area contributed by atoms with Crippen LogP contribution >= 0.6 is 0 Å². The number of rotatable bonds is 7. The largest absolute Gasteiger partial charge is 0.497 e. The van der Waals surface area contributed by atoms with Crippen LogP contribution in [-0.4, -0.2) is 32.3 Å². The Morgan fingerprint density at radius 1 is 1.00 bits per heavy atom. The fraction of sp³-hybridized carbons (Fsp3) is 0.429. The summed E-state index contributed by atoms with van der Waals surface area (Å²) in [5.41, 5.74) is 2.61. The monoisotopic (exact) mass is 341 g/mol. The molecule has 1 aliphatic rings. The molecule has 2 aromatic rings. The zero-order valence-electron chi connectivity index (χ0n) is 15.3. The molecule has 25 heavy (non-hydrogen) atoms. The Morgan fingerprint density at radius 3 is 2.48 bits per heavy atom. The maximum absolute atomic E-state index is 5.61. The van der Waals surface area contributed by atoms with Gasteiger partial charge in [0.2, 0.25) is 0 Å². The first-order valence-corrected chi connectivity index (χ1v) is 8.93. The van der Waals surface area contributed by atoms with E-state index in [2.05, 4.69) is 29.2 Å². The van der Waals surface area contributed by atoms with Gasteiger partial charge in [0.15, 0.2) is 11.5 Å². The molecule has 0 aromatic heterocycles.